The molecule has 1 amide bonds. The van der Waals surface area contributed by atoms with Crippen LogP contribution in [0.25, 0.3) is 22.6 Å². The van der Waals surface area contributed by atoms with Gasteiger partial charge in [-0.25, -0.2) is 4.98 Å². The van der Waals surface area contributed by atoms with Crippen molar-refractivity contribution in [3.8, 4) is 17.2 Å². The second-order valence-corrected chi connectivity index (χ2v) is 8.25. The summed E-state index contributed by atoms with van der Waals surface area (Å²) in [6.45, 7) is 3.96. The van der Waals surface area contributed by atoms with Crippen LogP contribution in [0.1, 0.15) is 28.4 Å². The minimum atomic E-state index is -0.383. The van der Waals surface area contributed by atoms with Crippen LogP contribution in [0, 0.1) is 6.92 Å². The van der Waals surface area contributed by atoms with Crippen molar-refractivity contribution in [3.05, 3.63) is 76.3 Å². The molecule has 0 saturated carbocycles. The number of anilines is 1. The van der Waals surface area contributed by atoms with Gasteiger partial charge in [0.2, 0.25) is 5.89 Å². The van der Waals surface area contributed by atoms with E-state index >= 15 is 0 Å². The molecule has 0 atom stereocenters. The van der Waals surface area contributed by atoms with Crippen LogP contribution in [0.4, 0.5) is 5.69 Å². The Morgan fingerprint density at radius 1 is 1.18 bits per heavy atom. The van der Waals surface area contributed by atoms with E-state index in [-0.39, 0.29) is 11.0 Å². The molecule has 0 bridgehead atoms. The van der Waals surface area contributed by atoms with Gasteiger partial charge in [0.15, 0.2) is 10.7 Å². The number of halogens is 1. The van der Waals surface area contributed by atoms with Gasteiger partial charge in [0.1, 0.15) is 11.3 Å². The smallest absolute Gasteiger partial charge is 0.261 e. The largest absolute Gasteiger partial charge is 0.496 e. The summed E-state index contributed by atoms with van der Waals surface area (Å²) in [5.41, 5.74) is 5.18. The molecule has 0 spiro atoms. The molecule has 4 aromatic rings. The highest BCUT2D eigenvalue weighted by atomic mass is 35.5. The van der Waals surface area contributed by atoms with Crippen LogP contribution in [0.3, 0.4) is 0 Å². The predicted octanol–water partition coefficient (Wildman–Crippen LogP) is 6.15. The molecule has 0 unspecified atom stereocenters. The third-order valence-corrected chi connectivity index (χ3v) is 5.74. The third kappa shape index (κ3) is 4.84. The number of amides is 1. The lowest BCUT2D eigenvalue weighted by Gasteiger charge is -2.14. The second-order valence-electron chi connectivity index (χ2n) is 7.43. The first-order valence-electron chi connectivity index (χ1n) is 10.3. The fourth-order valence-corrected chi connectivity index (χ4v) is 3.86. The summed E-state index contributed by atoms with van der Waals surface area (Å²) in [7, 11) is 1.52. The molecule has 2 N–H and O–H groups in total. The third-order valence-electron chi connectivity index (χ3n) is 5.21. The highest BCUT2D eigenvalue weighted by Gasteiger charge is 2.16. The number of nitrogens with one attached hydrogen (secondary N) is 2. The Balaban J connectivity index is 1.54. The molecule has 0 aliphatic carbocycles. The molecule has 1 heterocycles. The lowest BCUT2D eigenvalue weighted by molar-refractivity contribution is 0.0974. The molecule has 6 nitrogen and oxygen atoms in total. The summed E-state index contributed by atoms with van der Waals surface area (Å²) in [4.78, 5) is 17.3. The van der Waals surface area contributed by atoms with Gasteiger partial charge >= 0.3 is 0 Å². The number of benzene rings is 3. The van der Waals surface area contributed by atoms with Gasteiger partial charge in [0.05, 0.1) is 23.4 Å². The SMILES string of the molecule is CCc1ccc2oc(-c3ccc(Cl)c(NC(=S)NC(=O)c4cccc(C)c4OC)c3)nc2c1. The van der Waals surface area contributed by atoms with E-state index in [9.17, 15) is 4.79 Å². The summed E-state index contributed by atoms with van der Waals surface area (Å²) >= 11 is 11.7. The van der Waals surface area contributed by atoms with Gasteiger partial charge in [-0.3, -0.25) is 10.1 Å². The average molecular weight is 480 g/mol. The molecule has 0 aliphatic heterocycles. The summed E-state index contributed by atoms with van der Waals surface area (Å²) in [6.07, 6.45) is 0.921. The Hall–Kier alpha value is -3.42. The molecule has 1 aromatic heterocycles. The van der Waals surface area contributed by atoms with Crippen molar-refractivity contribution in [1.29, 1.82) is 0 Å². The fraction of sp³-hybridized carbons (Fsp3) is 0.160. The van der Waals surface area contributed by atoms with Gasteiger partial charge in [-0.05, 0) is 73.1 Å². The van der Waals surface area contributed by atoms with E-state index in [1.807, 2.05) is 37.3 Å². The molecule has 168 valence electrons. The van der Waals surface area contributed by atoms with E-state index < -0.39 is 0 Å². The number of methoxy groups -OCH3 is 1. The molecule has 0 aliphatic rings. The van der Waals surface area contributed by atoms with Crippen molar-refractivity contribution in [2.45, 2.75) is 20.3 Å². The topological polar surface area (TPSA) is 76.4 Å². The summed E-state index contributed by atoms with van der Waals surface area (Å²) in [5.74, 6) is 0.587. The van der Waals surface area contributed by atoms with E-state index in [2.05, 4.69) is 22.5 Å². The molecule has 8 heteroatoms. The number of fused-ring (bicyclic) bond motifs is 1. The van der Waals surface area contributed by atoms with Crippen molar-refractivity contribution < 1.29 is 13.9 Å². The number of para-hydroxylation sites is 1. The van der Waals surface area contributed by atoms with Crippen molar-refractivity contribution in [2.75, 3.05) is 12.4 Å². The molecular formula is C25H22ClN3O3S. The Morgan fingerprint density at radius 3 is 2.76 bits per heavy atom. The van der Waals surface area contributed by atoms with Gasteiger partial charge < -0.3 is 14.5 Å². The van der Waals surface area contributed by atoms with Gasteiger partial charge in [-0.15, -0.1) is 0 Å². The zero-order valence-electron chi connectivity index (χ0n) is 18.4. The maximum absolute atomic E-state index is 12.7. The molecule has 33 heavy (non-hydrogen) atoms. The zero-order valence-corrected chi connectivity index (χ0v) is 19.9. The number of oxazole rings is 1. The monoisotopic (exact) mass is 479 g/mol. The molecule has 0 saturated heterocycles. The molecule has 0 radical (unpaired) electrons. The number of carbonyl (C=O) groups excluding carboxylic acids is 1. The number of aromatic nitrogens is 1. The highest BCUT2D eigenvalue weighted by molar-refractivity contribution is 7.80. The van der Waals surface area contributed by atoms with Crippen molar-refractivity contribution in [3.63, 3.8) is 0 Å². The first kappa shape index (κ1) is 22.8. The number of thiocarbonyl (C=S) groups is 1. The number of carbonyl (C=O) groups is 1. The van der Waals surface area contributed by atoms with Crippen LogP contribution in [0.5, 0.6) is 5.75 Å². The fourth-order valence-electron chi connectivity index (χ4n) is 3.50. The Labute approximate surface area is 201 Å². The van der Waals surface area contributed by atoms with Gasteiger partial charge in [-0.1, -0.05) is 36.7 Å². The molecule has 3 aromatic carbocycles. The number of aryl methyl sites for hydroxylation is 2. The van der Waals surface area contributed by atoms with E-state index in [4.69, 9.17) is 33.0 Å². The van der Waals surface area contributed by atoms with Gasteiger partial charge in [0, 0.05) is 5.56 Å². The maximum Gasteiger partial charge on any atom is 0.261 e. The minimum Gasteiger partial charge on any atom is -0.496 e. The van der Waals surface area contributed by atoms with Crippen LogP contribution >= 0.6 is 23.8 Å². The van der Waals surface area contributed by atoms with Crippen molar-refractivity contribution in [1.82, 2.24) is 10.3 Å². The normalized spacial score (nSPS) is 10.8. The van der Waals surface area contributed by atoms with Crippen LogP contribution in [-0.2, 0) is 6.42 Å². The van der Waals surface area contributed by atoms with Gasteiger partial charge in [0.25, 0.3) is 5.91 Å². The Bertz CT molecular complexity index is 1370. The van der Waals surface area contributed by atoms with Crippen molar-refractivity contribution >= 4 is 51.6 Å². The Morgan fingerprint density at radius 2 is 2.00 bits per heavy atom. The second kappa shape index (κ2) is 9.60. The van der Waals surface area contributed by atoms with E-state index in [0.717, 1.165) is 23.1 Å². The first-order valence-corrected chi connectivity index (χ1v) is 11.1. The van der Waals surface area contributed by atoms with E-state index in [1.54, 1.807) is 24.3 Å². The predicted molar refractivity (Wildman–Crippen MR) is 135 cm³/mol. The standard InChI is InChI=1S/C25H22ClN3O3S/c1-4-15-8-11-21-20(12-15)27-24(32-21)16-9-10-18(26)19(13-16)28-25(33)29-23(30)17-7-5-6-14(2)22(17)31-3/h5-13H,4H2,1-3H3,(H2,28,29,30,33). The summed E-state index contributed by atoms with van der Waals surface area (Å²) < 4.78 is 11.3. The minimum absolute atomic E-state index is 0.104. The molecule has 0 fully saturated rings. The quantitative estimate of drug-likeness (QED) is 0.334. The zero-order chi connectivity index (χ0) is 23.5. The molecular weight excluding hydrogens is 458 g/mol. The first-order chi connectivity index (χ1) is 15.9. The van der Waals surface area contributed by atoms with Crippen LogP contribution in [0.15, 0.2) is 59.0 Å². The van der Waals surface area contributed by atoms with Crippen molar-refractivity contribution in [2.24, 2.45) is 0 Å². The number of ether oxygens (including phenoxy) is 1. The van der Waals surface area contributed by atoms with Crippen LogP contribution in [-0.4, -0.2) is 23.1 Å². The van der Waals surface area contributed by atoms with Crippen LogP contribution < -0.4 is 15.4 Å². The maximum atomic E-state index is 12.7. The van der Waals surface area contributed by atoms with E-state index in [0.29, 0.717) is 33.5 Å². The Kier molecular flexibility index (Phi) is 6.62. The highest BCUT2D eigenvalue weighted by Crippen LogP contribution is 2.31. The molecule has 4 rings (SSSR count). The summed E-state index contributed by atoms with van der Waals surface area (Å²) in [5, 5.41) is 6.20. The van der Waals surface area contributed by atoms with E-state index in [1.165, 1.54) is 12.7 Å². The number of hydrogen-bond donors (Lipinski definition) is 2. The lowest BCUT2D eigenvalue weighted by Crippen LogP contribution is -2.34. The number of rotatable bonds is 5. The number of hydrogen-bond acceptors (Lipinski definition) is 5. The summed E-state index contributed by atoms with van der Waals surface area (Å²) in [6, 6.07) is 16.6. The van der Waals surface area contributed by atoms with Gasteiger partial charge in [-0.2, -0.15) is 0 Å². The average Bonchev–Trinajstić information content (AvgIpc) is 3.23. The lowest BCUT2D eigenvalue weighted by atomic mass is 10.1. The van der Waals surface area contributed by atoms with Crippen LogP contribution in [0.2, 0.25) is 5.02 Å². The number of nitrogens with zero attached hydrogens (tertiary/aromatic N) is 1.